The minimum absolute atomic E-state index is 0.103. The summed E-state index contributed by atoms with van der Waals surface area (Å²) in [5, 5.41) is 0.566. The van der Waals surface area contributed by atoms with Crippen LogP contribution >= 0.6 is 11.3 Å². The van der Waals surface area contributed by atoms with Gasteiger partial charge in [0.2, 0.25) is 0 Å². The first kappa shape index (κ1) is 21.7. The van der Waals surface area contributed by atoms with Gasteiger partial charge in [0.25, 0.3) is 0 Å². The predicted molar refractivity (Wildman–Crippen MR) is 114 cm³/mol. The summed E-state index contributed by atoms with van der Waals surface area (Å²) in [6, 6.07) is 1.93. The van der Waals surface area contributed by atoms with Gasteiger partial charge in [-0.1, -0.05) is 57.6 Å². The lowest BCUT2D eigenvalue weighted by Gasteiger charge is -2.06. The molecule has 0 amide bonds. The third-order valence-corrected chi connectivity index (χ3v) is 5.95. The summed E-state index contributed by atoms with van der Waals surface area (Å²) in [6.07, 6.45) is 11.6. The number of rotatable bonds is 12. The number of unbranched alkanes of at least 4 members (excludes halogenated alkanes) is 5. The van der Waals surface area contributed by atoms with Crippen LogP contribution in [0.25, 0.3) is 10.2 Å². The summed E-state index contributed by atoms with van der Waals surface area (Å²) in [7, 11) is 0. The fourth-order valence-corrected chi connectivity index (χ4v) is 4.07. The summed E-state index contributed by atoms with van der Waals surface area (Å²) < 4.78 is 10.8. The summed E-state index contributed by atoms with van der Waals surface area (Å²) in [6.45, 7) is 9.19. The van der Waals surface area contributed by atoms with Gasteiger partial charge in [-0.3, -0.25) is 0 Å². The number of fused-ring (bicyclic) bond motifs is 1. The molecule has 0 aliphatic heterocycles. The van der Waals surface area contributed by atoms with E-state index in [-0.39, 0.29) is 11.7 Å². The summed E-state index contributed by atoms with van der Waals surface area (Å²) in [5.41, 5.74) is 0.991. The lowest BCUT2D eigenvalue weighted by molar-refractivity contribution is 0.211. The minimum Gasteiger partial charge on any atom is -0.450 e. The Labute approximate surface area is 166 Å². The van der Waals surface area contributed by atoms with Crippen LogP contribution in [0.15, 0.2) is 26.9 Å². The molecule has 2 aromatic heterocycles. The van der Waals surface area contributed by atoms with Gasteiger partial charge >= 0.3 is 11.7 Å². The van der Waals surface area contributed by atoms with E-state index in [1.54, 1.807) is 11.3 Å². The molecule has 0 radical (unpaired) electrons. The zero-order valence-corrected chi connectivity index (χ0v) is 18.0. The molecule has 0 aromatic carbocycles. The number of allylic oxidation sites excluding steroid dienone is 2. The van der Waals surface area contributed by atoms with Crippen LogP contribution in [0.1, 0.15) is 89.9 Å². The van der Waals surface area contributed by atoms with E-state index < -0.39 is 0 Å². The van der Waals surface area contributed by atoms with E-state index in [0.717, 1.165) is 25.7 Å². The van der Waals surface area contributed by atoms with Crippen LogP contribution in [0.5, 0.6) is 6.08 Å². The number of nitrogens with zero attached hydrogens (tertiary/aromatic N) is 1. The van der Waals surface area contributed by atoms with E-state index in [2.05, 4.69) is 38.8 Å². The third-order valence-electron chi connectivity index (χ3n) is 4.69. The van der Waals surface area contributed by atoms with Crippen LogP contribution in [-0.4, -0.2) is 11.6 Å². The zero-order valence-electron chi connectivity index (χ0n) is 17.2. The summed E-state index contributed by atoms with van der Waals surface area (Å²) in [5.74, 6) is 0.395. The van der Waals surface area contributed by atoms with Crippen molar-refractivity contribution in [2.45, 2.75) is 85.0 Å². The highest BCUT2D eigenvalue weighted by Gasteiger charge is 2.15. The van der Waals surface area contributed by atoms with Crippen molar-refractivity contribution in [1.82, 2.24) is 4.98 Å². The fraction of sp³-hybridized carbons (Fsp3) is 0.636. The Bertz CT molecular complexity index is 786. The Kier molecular flexibility index (Phi) is 9.05. The van der Waals surface area contributed by atoms with E-state index in [1.165, 1.54) is 36.1 Å². The Morgan fingerprint density at radius 2 is 2.00 bits per heavy atom. The summed E-state index contributed by atoms with van der Waals surface area (Å²) >= 11 is 1.57. The fourth-order valence-electron chi connectivity index (χ4n) is 2.98. The first-order chi connectivity index (χ1) is 13.0. The van der Waals surface area contributed by atoms with Crippen molar-refractivity contribution < 1.29 is 9.15 Å². The average molecular weight is 392 g/mol. The maximum Gasteiger partial charge on any atom is 0.397 e. The van der Waals surface area contributed by atoms with Crippen molar-refractivity contribution in [3.05, 3.63) is 33.0 Å². The van der Waals surface area contributed by atoms with E-state index in [9.17, 15) is 4.79 Å². The SMILES string of the molecule is CCCCCCCCOc1nc2sc(C(C)CCC=C(C)C)cc2c(=O)o1. The van der Waals surface area contributed by atoms with Gasteiger partial charge in [-0.2, -0.15) is 4.98 Å². The number of ether oxygens (including phenoxy) is 1. The number of aromatic nitrogens is 1. The normalized spacial score (nSPS) is 12.3. The highest BCUT2D eigenvalue weighted by atomic mass is 32.1. The highest BCUT2D eigenvalue weighted by molar-refractivity contribution is 7.18. The second-order valence-electron chi connectivity index (χ2n) is 7.51. The lowest BCUT2D eigenvalue weighted by Crippen LogP contribution is -2.05. The molecule has 2 rings (SSSR count). The molecule has 0 N–H and O–H groups in total. The Hall–Kier alpha value is -1.62. The molecular weight excluding hydrogens is 358 g/mol. The van der Waals surface area contributed by atoms with Gasteiger partial charge in [-0.25, -0.2) is 4.79 Å². The van der Waals surface area contributed by atoms with Crippen molar-refractivity contribution in [1.29, 1.82) is 0 Å². The number of thiophene rings is 1. The zero-order chi connectivity index (χ0) is 19.6. The molecule has 1 unspecified atom stereocenters. The van der Waals surface area contributed by atoms with Crippen molar-refractivity contribution in [2.75, 3.05) is 6.61 Å². The van der Waals surface area contributed by atoms with Gasteiger partial charge in [0, 0.05) is 4.88 Å². The molecule has 0 aliphatic carbocycles. The summed E-state index contributed by atoms with van der Waals surface area (Å²) in [4.78, 5) is 18.6. The van der Waals surface area contributed by atoms with Crippen LogP contribution in [0.4, 0.5) is 0 Å². The second-order valence-corrected chi connectivity index (χ2v) is 8.57. The average Bonchev–Trinajstić information content (AvgIpc) is 3.05. The molecule has 0 saturated carbocycles. The molecule has 0 bridgehead atoms. The predicted octanol–water partition coefficient (Wildman–Crippen LogP) is 6.84. The van der Waals surface area contributed by atoms with Gasteiger partial charge in [0.15, 0.2) is 0 Å². The van der Waals surface area contributed by atoms with Gasteiger partial charge in [-0.05, 0) is 45.1 Å². The molecule has 0 aliphatic rings. The molecule has 0 saturated heterocycles. The van der Waals surface area contributed by atoms with Crippen LogP contribution in [0, 0.1) is 0 Å². The Morgan fingerprint density at radius 1 is 1.26 bits per heavy atom. The first-order valence-corrected chi connectivity index (χ1v) is 11.0. The molecule has 5 heteroatoms. The van der Waals surface area contributed by atoms with Gasteiger partial charge in [0.1, 0.15) is 4.83 Å². The quantitative estimate of drug-likeness (QED) is 0.293. The molecule has 27 heavy (non-hydrogen) atoms. The van der Waals surface area contributed by atoms with E-state index in [4.69, 9.17) is 9.15 Å². The van der Waals surface area contributed by atoms with Crippen LogP contribution < -0.4 is 10.4 Å². The maximum absolute atomic E-state index is 12.3. The third kappa shape index (κ3) is 7.13. The van der Waals surface area contributed by atoms with E-state index in [0.29, 0.717) is 22.7 Å². The number of hydrogen-bond acceptors (Lipinski definition) is 5. The van der Waals surface area contributed by atoms with Crippen molar-refractivity contribution >= 4 is 21.6 Å². The highest BCUT2D eigenvalue weighted by Crippen LogP contribution is 2.31. The smallest absolute Gasteiger partial charge is 0.397 e. The van der Waals surface area contributed by atoms with Crippen LogP contribution in [-0.2, 0) is 0 Å². The maximum atomic E-state index is 12.3. The largest absolute Gasteiger partial charge is 0.450 e. The van der Waals surface area contributed by atoms with Crippen molar-refractivity contribution in [3.63, 3.8) is 0 Å². The van der Waals surface area contributed by atoms with Crippen LogP contribution in [0.2, 0.25) is 0 Å². The van der Waals surface area contributed by atoms with E-state index in [1.807, 2.05) is 6.07 Å². The second kappa shape index (κ2) is 11.3. The lowest BCUT2D eigenvalue weighted by atomic mass is 10.0. The molecule has 150 valence electrons. The first-order valence-electron chi connectivity index (χ1n) is 10.2. The van der Waals surface area contributed by atoms with Gasteiger partial charge in [0.05, 0.1) is 12.0 Å². The Morgan fingerprint density at radius 3 is 2.74 bits per heavy atom. The topological polar surface area (TPSA) is 52.3 Å². The molecule has 0 fully saturated rings. The molecule has 2 heterocycles. The van der Waals surface area contributed by atoms with Gasteiger partial charge in [-0.15, -0.1) is 11.3 Å². The van der Waals surface area contributed by atoms with E-state index >= 15 is 0 Å². The molecule has 2 aromatic rings. The number of hydrogen-bond donors (Lipinski definition) is 0. The molecular formula is C22H33NO3S. The molecule has 0 spiro atoms. The van der Waals surface area contributed by atoms with Gasteiger partial charge < -0.3 is 9.15 Å². The molecule has 1 atom stereocenters. The van der Waals surface area contributed by atoms with Crippen LogP contribution in [0.3, 0.4) is 0 Å². The monoisotopic (exact) mass is 391 g/mol. The standard InChI is InChI=1S/C22H33NO3S/c1-5-6-7-8-9-10-14-25-22-23-20-18(21(24)26-22)15-19(27-20)17(4)13-11-12-16(2)3/h12,15,17H,5-11,13-14H2,1-4H3. The molecule has 4 nitrogen and oxygen atoms in total. The minimum atomic E-state index is -0.350. The Balaban J connectivity index is 1.93. The van der Waals surface area contributed by atoms with Crippen molar-refractivity contribution in [3.8, 4) is 6.08 Å². The van der Waals surface area contributed by atoms with Crippen molar-refractivity contribution in [2.24, 2.45) is 0 Å².